The summed E-state index contributed by atoms with van der Waals surface area (Å²) in [6.07, 6.45) is 1.94. The summed E-state index contributed by atoms with van der Waals surface area (Å²) in [7, 11) is 0. The van der Waals surface area contributed by atoms with Crippen molar-refractivity contribution in [1.82, 2.24) is 10.6 Å². The number of benzene rings is 1. The van der Waals surface area contributed by atoms with Gasteiger partial charge in [-0.2, -0.15) is 0 Å². The molecular formula is C19H26N2OS. The maximum atomic E-state index is 12.2. The topological polar surface area (TPSA) is 41.1 Å². The minimum atomic E-state index is -0.209. The zero-order chi connectivity index (χ0) is 16.7. The van der Waals surface area contributed by atoms with E-state index in [1.807, 2.05) is 13.0 Å². The molecule has 0 bridgehead atoms. The zero-order valence-corrected chi connectivity index (χ0v) is 15.0. The number of hydrogen-bond donors (Lipinski definition) is 2. The Bertz CT molecular complexity index is 592. The third kappa shape index (κ3) is 5.48. The molecule has 2 N–H and O–H groups in total. The Labute approximate surface area is 143 Å². The van der Waals surface area contributed by atoms with E-state index in [1.54, 1.807) is 11.3 Å². The number of carbonyl (C=O) groups excluding carboxylic acids is 1. The van der Waals surface area contributed by atoms with Crippen molar-refractivity contribution in [3.63, 3.8) is 0 Å². The molecule has 0 aliphatic heterocycles. The largest absolute Gasteiger partial charge is 0.354 e. The second kappa shape index (κ2) is 8.85. The Kier molecular flexibility index (Phi) is 6.81. The zero-order valence-electron chi connectivity index (χ0n) is 14.1. The molecule has 3 nitrogen and oxygen atoms in total. The minimum absolute atomic E-state index is 0.0542. The number of thiophene rings is 1. The van der Waals surface area contributed by atoms with Gasteiger partial charge in [0.25, 0.3) is 0 Å². The molecule has 124 valence electrons. The smallest absolute Gasteiger partial charge is 0.236 e. The highest BCUT2D eigenvalue weighted by molar-refractivity contribution is 7.09. The average Bonchev–Trinajstić information content (AvgIpc) is 3.08. The molecule has 2 unspecified atom stereocenters. The van der Waals surface area contributed by atoms with Gasteiger partial charge in [0.2, 0.25) is 5.91 Å². The van der Waals surface area contributed by atoms with Crippen molar-refractivity contribution in [2.24, 2.45) is 0 Å². The summed E-state index contributed by atoms with van der Waals surface area (Å²) in [5, 5.41) is 8.43. The van der Waals surface area contributed by atoms with Crippen LogP contribution in [-0.4, -0.2) is 18.5 Å². The maximum Gasteiger partial charge on any atom is 0.236 e. The van der Waals surface area contributed by atoms with Gasteiger partial charge in [-0.25, -0.2) is 0 Å². The first-order valence-electron chi connectivity index (χ1n) is 8.25. The summed E-state index contributed by atoms with van der Waals surface area (Å²) >= 11 is 1.73. The number of rotatable bonds is 8. The molecule has 0 radical (unpaired) electrons. The molecule has 2 aromatic rings. The second-order valence-electron chi connectivity index (χ2n) is 5.83. The van der Waals surface area contributed by atoms with E-state index in [2.05, 4.69) is 60.2 Å². The SMILES string of the molecule is CCc1ccc(C(C)NC(C)C(=O)NCCc2cccs2)cc1. The van der Waals surface area contributed by atoms with Crippen LogP contribution in [0.3, 0.4) is 0 Å². The molecule has 2 atom stereocenters. The van der Waals surface area contributed by atoms with Gasteiger partial charge in [0.05, 0.1) is 6.04 Å². The molecule has 0 spiro atoms. The van der Waals surface area contributed by atoms with Crippen molar-refractivity contribution in [3.05, 3.63) is 57.8 Å². The number of hydrogen-bond acceptors (Lipinski definition) is 3. The highest BCUT2D eigenvalue weighted by Gasteiger charge is 2.15. The van der Waals surface area contributed by atoms with Crippen molar-refractivity contribution < 1.29 is 4.79 Å². The van der Waals surface area contributed by atoms with Crippen LogP contribution in [-0.2, 0) is 17.6 Å². The third-order valence-electron chi connectivity index (χ3n) is 4.03. The lowest BCUT2D eigenvalue weighted by Gasteiger charge is -2.20. The van der Waals surface area contributed by atoms with E-state index in [0.717, 1.165) is 12.8 Å². The highest BCUT2D eigenvalue weighted by atomic mass is 32.1. The number of nitrogens with one attached hydrogen (secondary N) is 2. The summed E-state index contributed by atoms with van der Waals surface area (Å²) < 4.78 is 0. The van der Waals surface area contributed by atoms with E-state index in [1.165, 1.54) is 16.0 Å². The Morgan fingerprint density at radius 3 is 2.52 bits per heavy atom. The van der Waals surface area contributed by atoms with Gasteiger partial charge in [0.1, 0.15) is 0 Å². The standard InChI is InChI=1S/C19H26N2OS/c1-4-16-7-9-17(10-8-16)14(2)21-15(3)19(22)20-12-11-18-6-5-13-23-18/h5-10,13-15,21H,4,11-12H2,1-3H3,(H,20,22). The average molecular weight is 330 g/mol. The van der Waals surface area contributed by atoms with Crippen LogP contribution in [0.4, 0.5) is 0 Å². The van der Waals surface area contributed by atoms with E-state index in [-0.39, 0.29) is 18.0 Å². The van der Waals surface area contributed by atoms with Crippen LogP contribution in [0.1, 0.15) is 42.8 Å². The lowest BCUT2D eigenvalue weighted by molar-refractivity contribution is -0.122. The molecule has 0 aliphatic carbocycles. The second-order valence-corrected chi connectivity index (χ2v) is 6.86. The van der Waals surface area contributed by atoms with Crippen LogP contribution in [0.5, 0.6) is 0 Å². The number of aryl methyl sites for hydroxylation is 1. The Morgan fingerprint density at radius 1 is 1.17 bits per heavy atom. The number of carbonyl (C=O) groups is 1. The quantitative estimate of drug-likeness (QED) is 0.775. The molecule has 2 rings (SSSR count). The van der Waals surface area contributed by atoms with Crippen LogP contribution >= 0.6 is 11.3 Å². The minimum Gasteiger partial charge on any atom is -0.354 e. The molecule has 4 heteroatoms. The third-order valence-corrected chi connectivity index (χ3v) is 4.97. The fraction of sp³-hybridized carbons (Fsp3) is 0.421. The van der Waals surface area contributed by atoms with Crippen molar-refractivity contribution in [1.29, 1.82) is 0 Å². The fourth-order valence-corrected chi connectivity index (χ4v) is 3.21. The fourth-order valence-electron chi connectivity index (χ4n) is 2.51. The van der Waals surface area contributed by atoms with Crippen molar-refractivity contribution in [2.45, 2.75) is 45.7 Å². The van der Waals surface area contributed by atoms with E-state index < -0.39 is 0 Å². The lowest BCUT2D eigenvalue weighted by atomic mass is 10.0. The molecule has 1 amide bonds. The van der Waals surface area contributed by atoms with E-state index in [9.17, 15) is 4.79 Å². The van der Waals surface area contributed by atoms with E-state index in [4.69, 9.17) is 0 Å². The van der Waals surface area contributed by atoms with Gasteiger partial charge in [-0.15, -0.1) is 11.3 Å². The first-order chi connectivity index (χ1) is 11.1. The highest BCUT2D eigenvalue weighted by Crippen LogP contribution is 2.14. The molecule has 0 saturated heterocycles. The van der Waals surface area contributed by atoms with Gasteiger partial charge in [-0.05, 0) is 49.3 Å². The molecule has 0 fully saturated rings. The summed E-state index contributed by atoms with van der Waals surface area (Å²) in [4.78, 5) is 13.5. The summed E-state index contributed by atoms with van der Waals surface area (Å²) in [6.45, 7) is 6.85. The van der Waals surface area contributed by atoms with Crippen LogP contribution in [0, 0.1) is 0 Å². The molecule has 1 aromatic heterocycles. The summed E-state index contributed by atoms with van der Waals surface area (Å²) in [5.74, 6) is 0.0542. The van der Waals surface area contributed by atoms with Crippen molar-refractivity contribution >= 4 is 17.2 Å². The molecular weight excluding hydrogens is 304 g/mol. The van der Waals surface area contributed by atoms with Crippen molar-refractivity contribution in [3.8, 4) is 0 Å². The van der Waals surface area contributed by atoms with Gasteiger partial charge in [0, 0.05) is 17.5 Å². The lowest BCUT2D eigenvalue weighted by Crippen LogP contribution is -2.43. The number of amides is 1. The van der Waals surface area contributed by atoms with Crippen LogP contribution in [0.25, 0.3) is 0 Å². The van der Waals surface area contributed by atoms with Gasteiger partial charge in [0.15, 0.2) is 0 Å². The van der Waals surface area contributed by atoms with Crippen molar-refractivity contribution in [2.75, 3.05) is 6.54 Å². The normalized spacial score (nSPS) is 13.5. The molecule has 23 heavy (non-hydrogen) atoms. The first-order valence-corrected chi connectivity index (χ1v) is 9.13. The van der Waals surface area contributed by atoms with E-state index >= 15 is 0 Å². The molecule has 1 heterocycles. The van der Waals surface area contributed by atoms with Crippen LogP contribution in [0.15, 0.2) is 41.8 Å². The predicted molar refractivity (Wildman–Crippen MR) is 97.9 cm³/mol. The molecule has 1 aromatic carbocycles. The summed E-state index contributed by atoms with van der Waals surface area (Å²) in [6, 6.07) is 12.7. The predicted octanol–water partition coefficient (Wildman–Crippen LogP) is 3.71. The van der Waals surface area contributed by atoms with Gasteiger partial charge >= 0.3 is 0 Å². The van der Waals surface area contributed by atoms with E-state index in [0.29, 0.717) is 6.54 Å². The Hall–Kier alpha value is -1.65. The summed E-state index contributed by atoms with van der Waals surface area (Å²) in [5.41, 5.74) is 2.54. The van der Waals surface area contributed by atoms with Gasteiger partial charge in [-0.3, -0.25) is 10.1 Å². The van der Waals surface area contributed by atoms with Crippen LogP contribution < -0.4 is 10.6 Å². The molecule has 0 saturated carbocycles. The van der Waals surface area contributed by atoms with Gasteiger partial charge < -0.3 is 5.32 Å². The van der Waals surface area contributed by atoms with Crippen LogP contribution in [0.2, 0.25) is 0 Å². The monoisotopic (exact) mass is 330 g/mol. The maximum absolute atomic E-state index is 12.2. The Morgan fingerprint density at radius 2 is 1.91 bits per heavy atom. The molecule has 0 aliphatic rings. The Balaban J connectivity index is 1.77. The van der Waals surface area contributed by atoms with Gasteiger partial charge in [-0.1, -0.05) is 37.3 Å². The first kappa shape index (κ1) is 17.7.